The molecule has 1 fully saturated rings. The third-order valence-corrected chi connectivity index (χ3v) is 4.15. The van der Waals surface area contributed by atoms with Gasteiger partial charge in [0.25, 0.3) is 0 Å². The van der Waals surface area contributed by atoms with Crippen LogP contribution >= 0.6 is 0 Å². The van der Waals surface area contributed by atoms with Gasteiger partial charge >= 0.3 is 0 Å². The van der Waals surface area contributed by atoms with E-state index in [0.29, 0.717) is 6.04 Å². The van der Waals surface area contributed by atoms with Crippen LogP contribution in [0, 0.1) is 12.8 Å². The summed E-state index contributed by atoms with van der Waals surface area (Å²) in [4.78, 5) is 2.50. The Labute approximate surface area is 111 Å². The van der Waals surface area contributed by atoms with Gasteiger partial charge < -0.3 is 10.6 Å². The molecular formula is C16H26N2. The van der Waals surface area contributed by atoms with Crippen molar-refractivity contribution in [3.8, 4) is 0 Å². The van der Waals surface area contributed by atoms with Crippen LogP contribution in [0.15, 0.2) is 24.3 Å². The van der Waals surface area contributed by atoms with Crippen molar-refractivity contribution in [2.24, 2.45) is 11.7 Å². The molecule has 18 heavy (non-hydrogen) atoms. The lowest BCUT2D eigenvalue weighted by Crippen LogP contribution is -2.34. The average Bonchev–Trinajstić information content (AvgIpc) is 2.39. The highest BCUT2D eigenvalue weighted by Crippen LogP contribution is 2.26. The Hall–Kier alpha value is -1.02. The SMILES string of the molecule is CCN(CC1CCC(N)CC1)c1ccc(C)cc1. The molecule has 100 valence electrons. The number of anilines is 1. The van der Waals surface area contributed by atoms with Crippen LogP contribution in [0.3, 0.4) is 0 Å². The standard InChI is InChI=1S/C16H26N2/c1-3-18(16-10-4-13(2)5-11-16)12-14-6-8-15(17)9-7-14/h4-5,10-11,14-15H,3,6-9,12,17H2,1-2H3. The van der Waals surface area contributed by atoms with Crippen LogP contribution in [-0.2, 0) is 0 Å². The van der Waals surface area contributed by atoms with Crippen LogP contribution < -0.4 is 10.6 Å². The number of rotatable bonds is 4. The van der Waals surface area contributed by atoms with E-state index >= 15 is 0 Å². The normalized spacial score (nSPS) is 23.9. The average molecular weight is 246 g/mol. The summed E-state index contributed by atoms with van der Waals surface area (Å²) < 4.78 is 0. The van der Waals surface area contributed by atoms with Gasteiger partial charge in [-0.2, -0.15) is 0 Å². The molecule has 2 rings (SSSR count). The lowest BCUT2D eigenvalue weighted by Gasteiger charge is -2.32. The maximum atomic E-state index is 5.97. The van der Waals surface area contributed by atoms with Crippen molar-refractivity contribution in [3.05, 3.63) is 29.8 Å². The molecule has 0 amide bonds. The highest BCUT2D eigenvalue weighted by molar-refractivity contribution is 5.47. The molecule has 2 nitrogen and oxygen atoms in total. The van der Waals surface area contributed by atoms with Gasteiger partial charge in [-0.1, -0.05) is 17.7 Å². The van der Waals surface area contributed by atoms with Gasteiger partial charge in [-0.05, 0) is 57.6 Å². The second-order valence-electron chi connectivity index (χ2n) is 5.65. The van der Waals surface area contributed by atoms with Crippen LogP contribution in [0.1, 0.15) is 38.2 Å². The summed E-state index contributed by atoms with van der Waals surface area (Å²) >= 11 is 0. The van der Waals surface area contributed by atoms with E-state index in [1.54, 1.807) is 0 Å². The first kappa shape index (κ1) is 13.4. The Morgan fingerprint density at radius 3 is 2.28 bits per heavy atom. The van der Waals surface area contributed by atoms with Crippen molar-refractivity contribution < 1.29 is 0 Å². The summed E-state index contributed by atoms with van der Waals surface area (Å²) in [5.41, 5.74) is 8.67. The van der Waals surface area contributed by atoms with E-state index in [2.05, 4.69) is 43.0 Å². The topological polar surface area (TPSA) is 29.3 Å². The molecular weight excluding hydrogens is 220 g/mol. The number of hydrogen-bond donors (Lipinski definition) is 1. The van der Waals surface area contributed by atoms with Crippen LogP contribution in [0.2, 0.25) is 0 Å². The van der Waals surface area contributed by atoms with Crippen LogP contribution in [0.25, 0.3) is 0 Å². The van der Waals surface area contributed by atoms with Crippen molar-refractivity contribution in [2.75, 3.05) is 18.0 Å². The lowest BCUT2D eigenvalue weighted by molar-refractivity contribution is 0.328. The summed E-state index contributed by atoms with van der Waals surface area (Å²) in [5, 5.41) is 0. The highest BCUT2D eigenvalue weighted by Gasteiger charge is 2.20. The van der Waals surface area contributed by atoms with Crippen LogP contribution in [0.5, 0.6) is 0 Å². The summed E-state index contributed by atoms with van der Waals surface area (Å²) in [6.07, 6.45) is 5.00. The minimum Gasteiger partial charge on any atom is -0.372 e. The van der Waals surface area contributed by atoms with Gasteiger partial charge in [0.05, 0.1) is 0 Å². The fourth-order valence-electron chi connectivity index (χ4n) is 2.86. The number of nitrogens with zero attached hydrogens (tertiary/aromatic N) is 1. The zero-order valence-electron chi connectivity index (χ0n) is 11.7. The fraction of sp³-hybridized carbons (Fsp3) is 0.625. The van der Waals surface area contributed by atoms with Crippen LogP contribution in [-0.4, -0.2) is 19.1 Å². The van der Waals surface area contributed by atoms with Crippen molar-refractivity contribution in [3.63, 3.8) is 0 Å². The highest BCUT2D eigenvalue weighted by atomic mass is 15.1. The monoisotopic (exact) mass is 246 g/mol. The van der Waals surface area contributed by atoms with Crippen molar-refractivity contribution in [1.29, 1.82) is 0 Å². The van der Waals surface area contributed by atoms with E-state index in [0.717, 1.165) is 12.5 Å². The Morgan fingerprint density at radius 2 is 1.72 bits per heavy atom. The molecule has 1 saturated carbocycles. The molecule has 1 aliphatic rings. The van der Waals surface area contributed by atoms with Gasteiger partial charge in [0.1, 0.15) is 0 Å². The molecule has 2 heteroatoms. The minimum atomic E-state index is 0.454. The molecule has 0 aliphatic heterocycles. The Balaban J connectivity index is 1.94. The summed E-state index contributed by atoms with van der Waals surface area (Å²) in [7, 11) is 0. The molecule has 0 aromatic heterocycles. The molecule has 1 aromatic rings. The molecule has 0 saturated heterocycles. The lowest BCUT2D eigenvalue weighted by atomic mass is 9.86. The van der Waals surface area contributed by atoms with Gasteiger partial charge in [-0.3, -0.25) is 0 Å². The molecule has 1 aromatic carbocycles. The second kappa shape index (κ2) is 6.24. The first-order chi connectivity index (χ1) is 8.69. The van der Waals surface area contributed by atoms with Crippen LogP contribution in [0.4, 0.5) is 5.69 Å². The van der Waals surface area contributed by atoms with Gasteiger partial charge in [0.15, 0.2) is 0 Å². The number of aryl methyl sites for hydroxylation is 1. The zero-order valence-corrected chi connectivity index (χ0v) is 11.7. The molecule has 0 spiro atoms. The predicted octanol–water partition coefficient (Wildman–Crippen LogP) is 3.34. The van der Waals surface area contributed by atoms with Crippen molar-refractivity contribution in [1.82, 2.24) is 0 Å². The van der Waals surface area contributed by atoms with Crippen molar-refractivity contribution in [2.45, 2.75) is 45.6 Å². The first-order valence-electron chi connectivity index (χ1n) is 7.26. The van der Waals surface area contributed by atoms with Gasteiger partial charge in [-0.25, -0.2) is 0 Å². The minimum absolute atomic E-state index is 0.454. The molecule has 0 heterocycles. The molecule has 0 unspecified atom stereocenters. The molecule has 1 aliphatic carbocycles. The zero-order chi connectivity index (χ0) is 13.0. The maximum absolute atomic E-state index is 5.97. The first-order valence-corrected chi connectivity index (χ1v) is 7.26. The van der Waals surface area contributed by atoms with E-state index < -0.39 is 0 Å². The third kappa shape index (κ3) is 3.49. The third-order valence-electron chi connectivity index (χ3n) is 4.15. The largest absolute Gasteiger partial charge is 0.372 e. The van der Waals surface area contributed by atoms with E-state index in [-0.39, 0.29) is 0 Å². The second-order valence-corrected chi connectivity index (χ2v) is 5.65. The predicted molar refractivity (Wildman–Crippen MR) is 79.0 cm³/mol. The Morgan fingerprint density at radius 1 is 1.11 bits per heavy atom. The maximum Gasteiger partial charge on any atom is 0.0366 e. The smallest absolute Gasteiger partial charge is 0.0366 e. The van der Waals surface area contributed by atoms with E-state index in [1.165, 1.54) is 43.5 Å². The number of hydrogen-bond acceptors (Lipinski definition) is 2. The van der Waals surface area contributed by atoms with E-state index in [4.69, 9.17) is 5.73 Å². The molecule has 2 N–H and O–H groups in total. The summed E-state index contributed by atoms with van der Waals surface area (Å²) in [6.45, 7) is 6.66. The number of nitrogens with two attached hydrogens (primary N) is 1. The summed E-state index contributed by atoms with van der Waals surface area (Å²) in [6, 6.07) is 9.35. The van der Waals surface area contributed by atoms with E-state index in [1.807, 2.05) is 0 Å². The van der Waals surface area contributed by atoms with E-state index in [9.17, 15) is 0 Å². The molecule has 0 atom stereocenters. The van der Waals surface area contributed by atoms with Gasteiger partial charge in [0.2, 0.25) is 0 Å². The van der Waals surface area contributed by atoms with Crippen molar-refractivity contribution >= 4 is 5.69 Å². The molecule has 0 bridgehead atoms. The Bertz CT molecular complexity index is 350. The van der Waals surface area contributed by atoms with Gasteiger partial charge in [0, 0.05) is 24.8 Å². The Kier molecular flexibility index (Phi) is 4.65. The molecule has 0 radical (unpaired) electrons. The van der Waals surface area contributed by atoms with Gasteiger partial charge in [-0.15, -0.1) is 0 Å². The number of benzene rings is 1. The quantitative estimate of drug-likeness (QED) is 0.883. The fourth-order valence-corrected chi connectivity index (χ4v) is 2.86. The summed E-state index contributed by atoms with van der Waals surface area (Å²) in [5.74, 6) is 0.825.